The number of carboxylic acids is 3. The van der Waals surface area contributed by atoms with Crippen LogP contribution in [-0.4, -0.2) is 90.2 Å². The number of allylic oxidation sites excluding steroid dienone is 1. The Hall–Kier alpha value is -4.90. The number of aromatic nitrogens is 2. The van der Waals surface area contributed by atoms with Gasteiger partial charge in [-0.2, -0.15) is 8.42 Å². The van der Waals surface area contributed by atoms with Gasteiger partial charge in [-0.1, -0.05) is 23.9 Å². The standard InChI is InChI=1S/C28H24N4O14S4/c1-13(9-16-29(7-4-8-50(43,44)45)14-5-2-3-6-15(14)47-16)21-24(40)31(11-18(35)36)27(48-21)20-23(39)30(10-17(33)34)26(46-20)22-25(41)32(12-19(37)38)28(42)49-22/h2-3,5-6,9H,4,7-8,10-12H2,1H3,(H,33,34)(H,35,36)(H,37,38)(H,43,44,45)/b16-9?,21-13+,26-22+,27-20+. The zero-order valence-corrected chi connectivity index (χ0v) is 28.7. The summed E-state index contributed by atoms with van der Waals surface area (Å²) in [7, 11) is -4.23. The number of hydrogen-bond donors (Lipinski definition) is 4. The summed E-state index contributed by atoms with van der Waals surface area (Å²) in [6, 6.07) is 7.19. The minimum atomic E-state index is -4.23. The Kier molecular flexibility index (Phi) is 10.3. The number of carbonyl (C=O) groups excluding carboxylic acids is 2. The number of carboxylic acid groups (broad SMARTS) is 3. The zero-order chi connectivity index (χ0) is 36.7. The molecule has 1 saturated heterocycles. The maximum Gasteiger partial charge on any atom is 0.323 e. The third-order valence-electron chi connectivity index (χ3n) is 7.00. The topological polar surface area (TPSA) is 264 Å². The first-order valence-electron chi connectivity index (χ1n) is 14.1. The van der Waals surface area contributed by atoms with Crippen LogP contribution in [0.25, 0.3) is 10.5 Å². The van der Waals surface area contributed by atoms with Gasteiger partial charge >= 0.3 is 17.9 Å². The van der Waals surface area contributed by atoms with Gasteiger partial charge in [0, 0.05) is 11.4 Å². The van der Waals surface area contributed by atoms with E-state index in [4.69, 9.17) is 9.52 Å². The first-order valence-corrected chi connectivity index (χ1v) is 18.1. The highest BCUT2D eigenvalue weighted by atomic mass is 32.2. The molecule has 18 nitrogen and oxygen atoms in total. The van der Waals surface area contributed by atoms with Crippen molar-refractivity contribution in [1.82, 2.24) is 14.0 Å². The van der Waals surface area contributed by atoms with E-state index in [1.54, 1.807) is 29.2 Å². The second kappa shape index (κ2) is 14.1. The van der Waals surface area contributed by atoms with Gasteiger partial charge in [-0.05, 0) is 48.9 Å². The number of aliphatic carboxylic acids is 3. The van der Waals surface area contributed by atoms with E-state index < -0.39 is 91.5 Å². The highest BCUT2D eigenvalue weighted by Gasteiger charge is 2.39. The number of rotatable bonds is 11. The number of benzene rings is 1. The Labute approximate surface area is 291 Å². The molecule has 2 aromatic heterocycles. The van der Waals surface area contributed by atoms with Crippen LogP contribution < -0.4 is 26.1 Å². The summed E-state index contributed by atoms with van der Waals surface area (Å²) in [5, 5.41) is 27.7. The lowest BCUT2D eigenvalue weighted by atomic mass is 10.2. The fraction of sp³-hybridized carbons (Fsp3) is 0.250. The van der Waals surface area contributed by atoms with Crippen molar-refractivity contribution >= 4 is 90.2 Å². The third-order valence-corrected chi connectivity index (χ3v) is 11.2. The monoisotopic (exact) mass is 768 g/mol. The van der Waals surface area contributed by atoms with Crippen molar-refractivity contribution in [3.63, 3.8) is 0 Å². The molecule has 1 fully saturated rings. The summed E-state index contributed by atoms with van der Waals surface area (Å²) in [6.07, 6.45) is 1.66. The fourth-order valence-corrected chi connectivity index (χ4v) is 8.59. The highest BCUT2D eigenvalue weighted by molar-refractivity contribution is 8.22. The quantitative estimate of drug-likeness (QED) is 0.186. The van der Waals surface area contributed by atoms with Gasteiger partial charge < -0.3 is 24.6 Å². The minimum Gasteiger partial charge on any atom is -0.480 e. The summed E-state index contributed by atoms with van der Waals surface area (Å²) in [5.41, 5.74) is -2.43. The predicted octanol–water partition coefficient (Wildman–Crippen LogP) is -0.0889. The summed E-state index contributed by atoms with van der Waals surface area (Å²) in [4.78, 5) is 89.8. The number of oxazole rings is 1. The van der Waals surface area contributed by atoms with Crippen LogP contribution >= 0.6 is 34.9 Å². The number of thioether (sulfide) groups is 2. The average Bonchev–Trinajstić information content (AvgIpc) is 3.70. The molecule has 3 aromatic rings. The molecule has 0 saturated carbocycles. The Morgan fingerprint density at radius 3 is 2.16 bits per heavy atom. The van der Waals surface area contributed by atoms with Crippen molar-refractivity contribution in [2.24, 2.45) is 0 Å². The molecule has 22 heteroatoms. The normalized spacial score (nSPS) is 17.8. The van der Waals surface area contributed by atoms with Crippen LogP contribution in [0, 0.1) is 10.1 Å². The molecule has 264 valence electrons. The van der Waals surface area contributed by atoms with Crippen molar-refractivity contribution in [3.8, 4) is 0 Å². The summed E-state index contributed by atoms with van der Waals surface area (Å²) in [6.45, 7) is -1.35. The van der Waals surface area contributed by atoms with E-state index in [9.17, 15) is 56.7 Å². The van der Waals surface area contributed by atoms with Crippen LogP contribution in [0.2, 0.25) is 0 Å². The van der Waals surface area contributed by atoms with E-state index >= 15 is 0 Å². The molecule has 0 unspecified atom stereocenters. The molecule has 1 aromatic carbocycles. The molecule has 0 atom stereocenters. The molecule has 0 aliphatic carbocycles. The molecular formula is C28H24N4O14S4. The summed E-state index contributed by atoms with van der Waals surface area (Å²) >= 11 is 2.15. The van der Waals surface area contributed by atoms with Crippen molar-refractivity contribution < 1.29 is 56.7 Å². The average molecular weight is 769 g/mol. The number of para-hydroxylation sites is 1. The summed E-state index contributed by atoms with van der Waals surface area (Å²) < 4.78 is 38.4. The van der Waals surface area contributed by atoms with Gasteiger partial charge in [0.05, 0.1) is 21.0 Å². The number of imide groups is 1. The number of carbonyl (C=O) groups is 5. The molecule has 0 spiro atoms. The second-order valence-electron chi connectivity index (χ2n) is 10.6. The molecule has 50 heavy (non-hydrogen) atoms. The van der Waals surface area contributed by atoms with E-state index in [-0.39, 0.29) is 33.9 Å². The fourth-order valence-electron chi connectivity index (χ4n) is 4.95. The Morgan fingerprint density at radius 1 is 0.880 bits per heavy atom. The predicted molar refractivity (Wildman–Crippen MR) is 177 cm³/mol. The van der Waals surface area contributed by atoms with Gasteiger partial charge in [-0.15, -0.1) is 11.3 Å². The molecule has 2 aliphatic heterocycles. The molecular weight excluding hydrogens is 745 g/mol. The van der Waals surface area contributed by atoms with Gasteiger partial charge in [-0.3, -0.25) is 52.1 Å². The largest absolute Gasteiger partial charge is 0.480 e. The van der Waals surface area contributed by atoms with Crippen LogP contribution in [0.5, 0.6) is 0 Å². The first-order chi connectivity index (χ1) is 23.5. The third kappa shape index (κ3) is 7.47. The van der Waals surface area contributed by atoms with Crippen molar-refractivity contribution in [2.45, 2.75) is 31.3 Å². The van der Waals surface area contributed by atoms with Crippen molar-refractivity contribution in [2.75, 3.05) is 23.7 Å². The van der Waals surface area contributed by atoms with Crippen LogP contribution in [-0.2, 0) is 42.4 Å². The number of amides is 2. The van der Waals surface area contributed by atoms with E-state index in [1.807, 2.05) is 6.07 Å². The number of fused-ring (bicyclic) bond motifs is 1. The SMILES string of the molecule is C/C(C=C1Sc2ccccc2N1CCCS(=O)(=O)O)=c1\s/c(=c2/o/c(=C3/SC(=O)N(CC(=O)O)C3=O)n(CC(=O)O)c2=O)n(CC(=O)O)c1=O. The maximum absolute atomic E-state index is 13.7. The van der Waals surface area contributed by atoms with Gasteiger partial charge in [-0.25, -0.2) is 0 Å². The van der Waals surface area contributed by atoms with Crippen LogP contribution in [0.15, 0.2) is 54.3 Å². The lowest BCUT2D eigenvalue weighted by molar-refractivity contribution is -0.140. The Balaban J connectivity index is 1.76. The molecule has 4 N–H and O–H groups in total. The molecule has 0 bridgehead atoms. The number of nitrogens with zero attached hydrogens (tertiary/aromatic N) is 4. The molecule has 4 heterocycles. The van der Waals surface area contributed by atoms with Crippen LogP contribution in [0.3, 0.4) is 0 Å². The smallest absolute Gasteiger partial charge is 0.323 e. The van der Waals surface area contributed by atoms with Gasteiger partial charge in [0.25, 0.3) is 32.4 Å². The zero-order valence-electron chi connectivity index (χ0n) is 25.4. The van der Waals surface area contributed by atoms with E-state index in [2.05, 4.69) is 0 Å². The molecule has 0 radical (unpaired) electrons. The minimum absolute atomic E-state index is 0.0490. The van der Waals surface area contributed by atoms with E-state index in [0.29, 0.717) is 31.4 Å². The van der Waals surface area contributed by atoms with E-state index in [1.165, 1.54) is 18.7 Å². The van der Waals surface area contributed by atoms with Gasteiger partial charge in [0.2, 0.25) is 11.0 Å². The van der Waals surface area contributed by atoms with Crippen molar-refractivity contribution in [3.05, 3.63) is 76.2 Å². The molecule has 2 aliphatic rings. The maximum atomic E-state index is 13.7. The van der Waals surface area contributed by atoms with Gasteiger partial charge in [0.1, 0.15) is 29.2 Å². The van der Waals surface area contributed by atoms with E-state index in [0.717, 1.165) is 15.1 Å². The van der Waals surface area contributed by atoms with Crippen LogP contribution in [0.1, 0.15) is 13.3 Å². The highest BCUT2D eigenvalue weighted by Crippen LogP contribution is 2.46. The summed E-state index contributed by atoms with van der Waals surface area (Å²) in [5.74, 6) is -6.25. The number of thiazole rings is 1. The Bertz CT molecular complexity index is 2480. The second-order valence-corrected chi connectivity index (χ2v) is 15.1. The first kappa shape index (κ1) is 36.4. The van der Waals surface area contributed by atoms with Crippen molar-refractivity contribution in [1.29, 1.82) is 0 Å². The Morgan fingerprint density at radius 2 is 1.52 bits per heavy atom. The molecule has 2 amide bonds. The lowest BCUT2D eigenvalue weighted by Crippen LogP contribution is -2.36. The molecule has 5 rings (SSSR count). The van der Waals surface area contributed by atoms with Crippen LogP contribution in [0.4, 0.5) is 10.5 Å². The lowest BCUT2D eigenvalue weighted by Gasteiger charge is -2.20. The number of anilines is 1. The van der Waals surface area contributed by atoms with Gasteiger partial charge in [0.15, 0.2) is 0 Å². The number of hydrogen-bond acceptors (Lipinski definition) is 14.